The average Bonchev–Trinajstić information content (AvgIpc) is 2.93. The Morgan fingerprint density at radius 3 is 2.17 bits per heavy atom. The van der Waals surface area contributed by atoms with Crippen molar-refractivity contribution in [3.8, 4) is 23.2 Å². The third kappa shape index (κ3) is 4.30. The van der Waals surface area contributed by atoms with Gasteiger partial charge in [-0.15, -0.1) is 5.10 Å². The molecular formula is C19H16F5N3O2. The lowest BCUT2D eigenvalue weighted by Gasteiger charge is -2.11. The Hall–Kier alpha value is -3.17. The summed E-state index contributed by atoms with van der Waals surface area (Å²) in [6.07, 6.45) is -4.23. The van der Waals surface area contributed by atoms with Crippen LogP contribution >= 0.6 is 0 Å². The van der Waals surface area contributed by atoms with E-state index in [0.717, 1.165) is 24.3 Å². The number of rotatable bonds is 5. The predicted molar refractivity (Wildman–Crippen MR) is 93.3 cm³/mol. The van der Waals surface area contributed by atoms with E-state index >= 15 is 0 Å². The Bertz CT molecular complexity index is 994. The molecule has 0 radical (unpaired) electrons. The van der Waals surface area contributed by atoms with Gasteiger partial charge in [0.25, 0.3) is 5.88 Å². The van der Waals surface area contributed by atoms with Crippen LogP contribution in [-0.2, 0) is 6.18 Å². The fourth-order valence-electron chi connectivity index (χ4n) is 2.46. The standard InChI is InChI=1S/C19H16F5N3O2/c1-10(2)28-18-16(29-17-13(20)5-4-6-14(17)21)11(3)27(26-18)15-8-7-12(9-25-15)19(22,23)24/h4-10H,1-3H3. The van der Waals surface area contributed by atoms with Crippen LogP contribution in [-0.4, -0.2) is 20.9 Å². The minimum Gasteiger partial charge on any atom is -0.471 e. The molecule has 2 aromatic heterocycles. The third-order valence-electron chi connectivity index (χ3n) is 3.79. The summed E-state index contributed by atoms with van der Waals surface area (Å²) in [5.74, 6) is -2.62. The highest BCUT2D eigenvalue weighted by molar-refractivity contribution is 5.46. The van der Waals surface area contributed by atoms with Crippen molar-refractivity contribution in [2.45, 2.75) is 33.1 Å². The van der Waals surface area contributed by atoms with Crippen LogP contribution in [0.1, 0.15) is 25.1 Å². The second-order valence-electron chi connectivity index (χ2n) is 6.35. The zero-order valence-electron chi connectivity index (χ0n) is 15.6. The first-order chi connectivity index (χ1) is 13.6. The minimum atomic E-state index is -4.53. The number of hydrogen-bond donors (Lipinski definition) is 0. The molecule has 0 bridgehead atoms. The molecule has 0 saturated carbocycles. The van der Waals surface area contributed by atoms with Crippen molar-refractivity contribution in [2.24, 2.45) is 0 Å². The van der Waals surface area contributed by atoms with Crippen molar-refractivity contribution in [1.29, 1.82) is 0 Å². The third-order valence-corrected chi connectivity index (χ3v) is 3.79. The molecule has 0 unspecified atom stereocenters. The Balaban J connectivity index is 2.06. The smallest absolute Gasteiger partial charge is 0.417 e. The van der Waals surface area contributed by atoms with E-state index in [1.807, 2.05) is 0 Å². The Kier molecular flexibility index (Phi) is 5.45. The number of benzene rings is 1. The molecule has 0 N–H and O–H groups in total. The monoisotopic (exact) mass is 413 g/mol. The first-order valence-corrected chi connectivity index (χ1v) is 8.49. The van der Waals surface area contributed by atoms with Gasteiger partial charge in [0, 0.05) is 6.20 Å². The van der Waals surface area contributed by atoms with Crippen LogP contribution in [0.5, 0.6) is 17.4 Å². The van der Waals surface area contributed by atoms with E-state index in [-0.39, 0.29) is 29.2 Å². The molecule has 10 heteroatoms. The molecule has 2 heterocycles. The van der Waals surface area contributed by atoms with Gasteiger partial charge in [0.1, 0.15) is 0 Å². The quantitative estimate of drug-likeness (QED) is 0.522. The Morgan fingerprint density at radius 1 is 1.00 bits per heavy atom. The van der Waals surface area contributed by atoms with Crippen molar-refractivity contribution in [3.05, 3.63) is 59.4 Å². The van der Waals surface area contributed by atoms with Gasteiger partial charge in [-0.2, -0.15) is 13.2 Å². The van der Waals surface area contributed by atoms with E-state index in [1.165, 1.54) is 17.7 Å². The Labute approximate surface area is 162 Å². The number of aromatic nitrogens is 3. The van der Waals surface area contributed by atoms with Crippen molar-refractivity contribution in [1.82, 2.24) is 14.8 Å². The van der Waals surface area contributed by atoms with Crippen LogP contribution < -0.4 is 9.47 Å². The van der Waals surface area contributed by atoms with E-state index in [0.29, 0.717) is 6.20 Å². The van der Waals surface area contributed by atoms with Crippen LogP contribution in [0.15, 0.2) is 36.5 Å². The summed E-state index contributed by atoms with van der Waals surface area (Å²) in [7, 11) is 0. The molecule has 29 heavy (non-hydrogen) atoms. The largest absolute Gasteiger partial charge is 0.471 e. The number of para-hydroxylation sites is 1. The van der Waals surface area contributed by atoms with Crippen LogP contribution in [0, 0.1) is 18.6 Å². The van der Waals surface area contributed by atoms with E-state index in [1.54, 1.807) is 13.8 Å². The zero-order valence-corrected chi connectivity index (χ0v) is 15.6. The van der Waals surface area contributed by atoms with Gasteiger partial charge >= 0.3 is 6.18 Å². The maximum atomic E-state index is 14.0. The minimum absolute atomic E-state index is 0.0490. The number of pyridine rings is 1. The van der Waals surface area contributed by atoms with Gasteiger partial charge in [-0.25, -0.2) is 18.4 Å². The highest BCUT2D eigenvalue weighted by atomic mass is 19.4. The van der Waals surface area contributed by atoms with Crippen LogP contribution in [0.4, 0.5) is 22.0 Å². The maximum absolute atomic E-state index is 14.0. The van der Waals surface area contributed by atoms with Gasteiger partial charge in [-0.1, -0.05) is 6.07 Å². The molecule has 0 amide bonds. The van der Waals surface area contributed by atoms with Gasteiger partial charge in [0.2, 0.25) is 5.75 Å². The van der Waals surface area contributed by atoms with Crippen molar-refractivity contribution >= 4 is 0 Å². The molecule has 0 spiro atoms. The highest BCUT2D eigenvalue weighted by Gasteiger charge is 2.31. The van der Waals surface area contributed by atoms with Crippen LogP contribution in [0.3, 0.4) is 0 Å². The summed E-state index contributed by atoms with van der Waals surface area (Å²) < 4.78 is 78.4. The zero-order chi connectivity index (χ0) is 21.3. The highest BCUT2D eigenvalue weighted by Crippen LogP contribution is 2.38. The summed E-state index contributed by atoms with van der Waals surface area (Å²) in [5, 5.41) is 4.15. The van der Waals surface area contributed by atoms with Crippen molar-refractivity contribution in [2.75, 3.05) is 0 Å². The van der Waals surface area contributed by atoms with Gasteiger partial charge in [-0.05, 0) is 45.0 Å². The molecule has 0 atom stereocenters. The van der Waals surface area contributed by atoms with Crippen LogP contribution in [0.25, 0.3) is 5.82 Å². The number of nitrogens with zero attached hydrogens (tertiary/aromatic N) is 3. The first-order valence-electron chi connectivity index (χ1n) is 8.49. The summed E-state index contributed by atoms with van der Waals surface area (Å²) in [4.78, 5) is 3.77. The molecule has 0 aliphatic heterocycles. The summed E-state index contributed by atoms with van der Waals surface area (Å²) >= 11 is 0. The molecular weight excluding hydrogens is 397 g/mol. The number of alkyl halides is 3. The molecule has 0 aliphatic rings. The first kappa shape index (κ1) is 20.6. The molecule has 0 saturated heterocycles. The second-order valence-corrected chi connectivity index (χ2v) is 6.35. The lowest BCUT2D eigenvalue weighted by Crippen LogP contribution is -2.09. The van der Waals surface area contributed by atoms with Gasteiger partial charge in [-0.3, -0.25) is 0 Å². The number of halogens is 5. The van der Waals surface area contributed by atoms with Crippen LogP contribution in [0.2, 0.25) is 0 Å². The fraction of sp³-hybridized carbons (Fsp3) is 0.263. The van der Waals surface area contributed by atoms with Crippen molar-refractivity contribution in [3.63, 3.8) is 0 Å². The SMILES string of the molecule is Cc1c(Oc2c(F)cccc2F)c(OC(C)C)nn1-c1ccc(C(F)(F)F)cn1. The topological polar surface area (TPSA) is 49.2 Å². The van der Waals surface area contributed by atoms with E-state index in [9.17, 15) is 22.0 Å². The Morgan fingerprint density at radius 2 is 1.66 bits per heavy atom. The molecule has 154 valence electrons. The molecule has 5 nitrogen and oxygen atoms in total. The number of hydrogen-bond acceptors (Lipinski definition) is 4. The lowest BCUT2D eigenvalue weighted by atomic mass is 10.3. The molecule has 3 aromatic rings. The molecule has 1 aromatic carbocycles. The fourth-order valence-corrected chi connectivity index (χ4v) is 2.46. The van der Waals surface area contributed by atoms with E-state index < -0.39 is 29.1 Å². The molecule has 3 rings (SSSR count). The van der Waals surface area contributed by atoms with Gasteiger partial charge < -0.3 is 9.47 Å². The summed E-state index contributed by atoms with van der Waals surface area (Å²) in [5.41, 5.74) is -0.690. The normalized spacial score (nSPS) is 11.8. The molecule has 0 fully saturated rings. The molecule has 0 aliphatic carbocycles. The van der Waals surface area contributed by atoms with E-state index in [4.69, 9.17) is 9.47 Å². The lowest BCUT2D eigenvalue weighted by molar-refractivity contribution is -0.137. The second kappa shape index (κ2) is 7.69. The van der Waals surface area contributed by atoms with E-state index in [2.05, 4.69) is 10.1 Å². The summed E-state index contributed by atoms with van der Waals surface area (Å²) in [6.45, 7) is 4.92. The number of ether oxygens (including phenoxy) is 2. The maximum Gasteiger partial charge on any atom is 0.417 e. The predicted octanol–water partition coefficient (Wildman–Crippen LogP) is 5.45. The summed E-state index contributed by atoms with van der Waals surface area (Å²) in [6, 6.07) is 5.21. The van der Waals surface area contributed by atoms with Crippen molar-refractivity contribution < 1.29 is 31.4 Å². The van der Waals surface area contributed by atoms with Gasteiger partial charge in [0.15, 0.2) is 23.2 Å². The van der Waals surface area contributed by atoms with Gasteiger partial charge in [0.05, 0.1) is 17.4 Å². The average molecular weight is 413 g/mol.